The Morgan fingerprint density at radius 3 is 2.45 bits per heavy atom. The molecule has 0 aliphatic carbocycles. The Bertz CT molecular complexity index is 1000. The maximum atomic E-state index is 12.7. The van der Waals surface area contributed by atoms with Gasteiger partial charge < -0.3 is 9.64 Å². The van der Waals surface area contributed by atoms with E-state index in [1.54, 1.807) is 53.2 Å². The van der Waals surface area contributed by atoms with E-state index in [2.05, 4.69) is 5.10 Å². The fourth-order valence-electron chi connectivity index (χ4n) is 2.72. The summed E-state index contributed by atoms with van der Waals surface area (Å²) >= 11 is 18.2. The van der Waals surface area contributed by atoms with Crippen molar-refractivity contribution in [3.63, 3.8) is 0 Å². The van der Waals surface area contributed by atoms with Crippen molar-refractivity contribution in [1.82, 2.24) is 14.7 Å². The van der Waals surface area contributed by atoms with Gasteiger partial charge in [-0.25, -0.2) is 0 Å². The third-order valence-corrected chi connectivity index (χ3v) is 5.18. The van der Waals surface area contributed by atoms with Gasteiger partial charge in [0.05, 0.1) is 16.6 Å². The van der Waals surface area contributed by atoms with Crippen LogP contribution < -0.4 is 4.74 Å². The van der Waals surface area contributed by atoms with Crippen LogP contribution in [0.4, 0.5) is 0 Å². The second-order valence-electron chi connectivity index (χ2n) is 6.50. The molecule has 3 aromatic rings. The first-order valence-electron chi connectivity index (χ1n) is 9.01. The second-order valence-corrected chi connectivity index (χ2v) is 7.75. The van der Waals surface area contributed by atoms with Gasteiger partial charge in [-0.1, -0.05) is 46.9 Å². The number of halogens is 3. The van der Waals surface area contributed by atoms with Crippen LogP contribution in [-0.2, 0) is 19.7 Å². The maximum Gasteiger partial charge on any atom is 0.253 e. The third-order valence-electron chi connectivity index (χ3n) is 4.33. The number of rotatable bonds is 7. The van der Waals surface area contributed by atoms with E-state index in [1.165, 1.54) is 0 Å². The average molecular weight is 453 g/mol. The monoisotopic (exact) mass is 451 g/mol. The molecule has 0 N–H and O–H groups in total. The Hall–Kier alpha value is -2.21. The molecule has 8 heteroatoms. The van der Waals surface area contributed by atoms with Crippen LogP contribution in [0.25, 0.3) is 0 Å². The molecular weight excluding hydrogens is 433 g/mol. The average Bonchev–Trinajstić information content (AvgIpc) is 3.06. The lowest BCUT2D eigenvalue weighted by atomic mass is 10.1. The molecule has 1 heterocycles. The fourth-order valence-corrected chi connectivity index (χ4v) is 3.39. The predicted octanol–water partition coefficient (Wildman–Crippen LogP) is 5.71. The summed E-state index contributed by atoms with van der Waals surface area (Å²) in [6.07, 6.45) is 1.76. The molecular formula is C21H20Cl3N3O2. The molecule has 152 valence electrons. The summed E-state index contributed by atoms with van der Waals surface area (Å²) in [7, 11) is 1.73. The standard InChI is InChI=1S/C21H20Cl3N3O2/c1-3-27-11-18(24)19(25-27)12-26(2)21(28)15-6-4-14(5-7-15)13-29-20-9-8-16(22)10-17(20)23/h4-11H,3,12-13H2,1-2H3. The van der Waals surface area contributed by atoms with Crippen molar-refractivity contribution in [2.24, 2.45) is 0 Å². The number of aryl methyl sites for hydroxylation is 1. The predicted molar refractivity (Wildman–Crippen MR) is 116 cm³/mol. The normalized spacial score (nSPS) is 10.8. The van der Waals surface area contributed by atoms with Crippen molar-refractivity contribution in [2.45, 2.75) is 26.6 Å². The van der Waals surface area contributed by atoms with Gasteiger partial charge in [-0.3, -0.25) is 9.48 Å². The van der Waals surface area contributed by atoms with E-state index in [9.17, 15) is 4.79 Å². The molecule has 5 nitrogen and oxygen atoms in total. The Morgan fingerprint density at radius 2 is 1.83 bits per heavy atom. The van der Waals surface area contributed by atoms with Gasteiger partial charge in [-0.2, -0.15) is 5.10 Å². The third kappa shape index (κ3) is 5.44. The van der Waals surface area contributed by atoms with Gasteiger partial charge in [0.1, 0.15) is 18.1 Å². The number of aromatic nitrogens is 2. The summed E-state index contributed by atoms with van der Waals surface area (Å²) in [5, 5.41) is 5.94. The highest BCUT2D eigenvalue weighted by molar-refractivity contribution is 6.35. The van der Waals surface area contributed by atoms with Crippen LogP contribution in [0.15, 0.2) is 48.7 Å². The lowest BCUT2D eigenvalue weighted by molar-refractivity contribution is 0.0783. The van der Waals surface area contributed by atoms with Crippen molar-refractivity contribution in [1.29, 1.82) is 0 Å². The van der Waals surface area contributed by atoms with Crippen LogP contribution in [0.5, 0.6) is 5.75 Å². The Morgan fingerprint density at radius 1 is 1.10 bits per heavy atom. The number of carbonyl (C=O) groups excluding carboxylic acids is 1. The summed E-state index contributed by atoms with van der Waals surface area (Å²) in [6, 6.07) is 12.3. The molecule has 0 fully saturated rings. The van der Waals surface area contributed by atoms with Gasteiger partial charge in [0.15, 0.2) is 0 Å². The lowest BCUT2D eigenvalue weighted by Crippen LogP contribution is -2.26. The first kappa shape index (κ1) is 21.5. The molecule has 0 atom stereocenters. The topological polar surface area (TPSA) is 47.4 Å². The molecule has 1 aromatic heterocycles. The van der Waals surface area contributed by atoms with E-state index in [0.717, 1.165) is 12.1 Å². The van der Waals surface area contributed by atoms with Crippen molar-refractivity contribution in [3.05, 3.63) is 80.6 Å². The molecule has 0 saturated heterocycles. The minimum atomic E-state index is -0.111. The van der Waals surface area contributed by atoms with Crippen LogP contribution in [0.2, 0.25) is 15.1 Å². The van der Waals surface area contributed by atoms with Crippen LogP contribution >= 0.6 is 34.8 Å². The van der Waals surface area contributed by atoms with E-state index in [4.69, 9.17) is 39.5 Å². The van der Waals surface area contributed by atoms with E-state index >= 15 is 0 Å². The first-order valence-corrected chi connectivity index (χ1v) is 10.1. The van der Waals surface area contributed by atoms with E-state index in [1.807, 2.05) is 19.1 Å². The summed E-state index contributed by atoms with van der Waals surface area (Å²) in [5.74, 6) is 0.444. The minimum absolute atomic E-state index is 0.111. The van der Waals surface area contributed by atoms with E-state index in [0.29, 0.717) is 45.2 Å². The molecule has 0 unspecified atom stereocenters. The number of carbonyl (C=O) groups is 1. The van der Waals surface area contributed by atoms with Gasteiger partial charge in [0.2, 0.25) is 0 Å². The number of ether oxygens (including phenoxy) is 1. The number of amides is 1. The Balaban J connectivity index is 1.61. The van der Waals surface area contributed by atoms with Crippen LogP contribution in [0.3, 0.4) is 0 Å². The largest absolute Gasteiger partial charge is 0.487 e. The minimum Gasteiger partial charge on any atom is -0.487 e. The van der Waals surface area contributed by atoms with E-state index < -0.39 is 0 Å². The van der Waals surface area contributed by atoms with Crippen molar-refractivity contribution < 1.29 is 9.53 Å². The number of hydrogen-bond donors (Lipinski definition) is 0. The first-order chi connectivity index (χ1) is 13.9. The molecule has 0 radical (unpaired) electrons. The number of hydrogen-bond acceptors (Lipinski definition) is 3. The molecule has 29 heavy (non-hydrogen) atoms. The smallest absolute Gasteiger partial charge is 0.253 e. The van der Waals surface area contributed by atoms with Crippen molar-refractivity contribution >= 4 is 40.7 Å². The lowest BCUT2D eigenvalue weighted by Gasteiger charge is -2.16. The van der Waals surface area contributed by atoms with Crippen LogP contribution in [-0.4, -0.2) is 27.6 Å². The molecule has 0 aliphatic heterocycles. The number of nitrogens with zero attached hydrogens (tertiary/aromatic N) is 3. The van der Waals surface area contributed by atoms with Gasteiger partial charge in [0.25, 0.3) is 5.91 Å². The van der Waals surface area contributed by atoms with Gasteiger partial charge >= 0.3 is 0 Å². The number of benzene rings is 2. The highest BCUT2D eigenvalue weighted by atomic mass is 35.5. The maximum absolute atomic E-state index is 12.7. The molecule has 1 amide bonds. The zero-order valence-corrected chi connectivity index (χ0v) is 18.3. The highest BCUT2D eigenvalue weighted by Crippen LogP contribution is 2.28. The molecule has 0 spiro atoms. The van der Waals surface area contributed by atoms with Crippen molar-refractivity contribution in [2.75, 3.05) is 7.05 Å². The van der Waals surface area contributed by atoms with Crippen LogP contribution in [0, 0.1) is 0 Å². The van der Waals surface area contributed by atoms with E-state index in [-0.39, 0.29) is 5.91 Å². The summed E-state index contributed by atoms with van der Waals surface area (Å²) in [5.41, 5.74) is 2.17. The second kappa shape index (κ2) is 9.53. The molecule has 2 aromatic carbocycles. The quantitative estimate of drug-likeness (QED) is 0.461. The SMILES string of the molecule is CCn1cc(Cl)c(CN(C)C(=O)c2ccc(COc3ccc(Cl)cc3Cl)cc2)n1. The van der Waals surface area contributed by atoms with Crippen molar-refractivity contribution in [3.8, 4) is 5.75 Å². The Labute approximate surface area is 184 Å². The van der Waals surface area contributed by atoms with Gasteiger partial charge in [0, 0.05) is 30.4 Å². The molecule has 0 saturated carbocycles. The van der Waals surface area contributed by atoms with Gasteiger partial charge in [-0.15, -0.1) is 0 Å². The molecule has 3 rings (SSSR count). The van der Waals surface area contributed by atoms with Gasteiger partial charge in [-0.05, 0) is 42.8 Å². The fraction of sp³-hybridized carbons (Fsp3) is 0.238. The zero-order chi connectivity index (χ0) is 21.0. The summed E-state index contributed by atoms with van der Waals surface area (Å²) in [4.78, 5) is 14.3. The van der Waals surface area contributed by atoms with Crippen LogP contribution in [0.1, 0.15) is 28.5 Å². The summed E-state index contributed by atoms with van der Waals surface area (Å²) < 4.78 is 7.47. The molecule has 0 bridgehead atoms. The zero-order valence-electron chi connectivity index (χ0n) is 16.0. The summed E-state index contributed by atoms with van der Waals surface area (Å²) in [6.45, 7) is 3.37. The highest BCUT2D eigenvalue weighted by Gasteiger charge is 2.16. The Kier molecular flexibility index (Phi) is 7.06. The molecule has 0 aliphatic rings.